The molecule has 3 nitrogen and oxygen atoms in total. The van der Waals surface area contributed by atoms with E-state index in [0.29, 0.717) is 0 Å². The van der Waals surface area contributed by atoms with Crippen molar-refractivity contribution in [3.63, 3.8) is 0 Å². The van der Waals surface area contributed by atoms with Gasteiger partial charge in [-0.3, -0.25) is 0 Å². The minimum Gasteiger partial charge on any atom is -0.455 e. The van der Waals surface area contributed by atoms with E-state index in [9.17, 15) is 0 Å². The standard InChI is InChI=1S/C54H35NO2/c1-2-11-36(12-3-1)37-23-25-38(26-24-37)41-13-8-14-44(35-41)55(42-31-27-39(28-32-42)45-17-9-19-49-47-15-4-6-21-51(47)56-53(45)49)43-33-29-40(30-34-43)46-18-10-20-50-48-16-5-7-22-52(48)57-54(46)50/h1-35H. The lowest BCUT2D eigenvalue weighted by Gasteiger charge is -2.26. The average Bonchev–Trinajstić information content (AvgIpc) is 3.87. The van der Waals surface area contributed by atoms with E-state index in [1.807, 2.05) is 24.3 Å². The molecule has 2 aromatic heterocycles. The maximum absolute atomic E-state index is 6.42. The van der Waals surface area contributed by atoms with Crippen LogP contribution in [0.4, 0.5) is 17.1 Å². The van der Waals surface area contributed by atoms with Crippen molar-refractivity contribution in [1.29, 1.82) is 0 Å². The third-order valence-corrected chi connectivity index (χ3v) is 11.1. The number of hydrogen-bond acceptors (Lipinski definition) is 3. The van der Waals surface area contributed by atoms with Crippen LogP contribution in [-0.4, -0.2) is 0 Å². The average molecular weight is 730 g/mol. The van der Waals surface area contributed by atoms with Gasteiger partial charge in [0.25, 0.3) is 0 Å². The number of fused-ring (bicyclic) bond motifs is 6. The number of para-hydroxylation sites is 4. The number of furan rings is 2. The van der Waals surface area contributed by atoms with Gasteiger partial charge < -0.3 is 13.7 Å². The van der Waals surface area contributed by atoms with Crippen LogP contribution >= 0.6 is 0 Å². The van der Waals surface area contributed by atoms with E-state index in [1.54, 1.807) is 0 Å². The van der Waals surface area contributed by atoms with E-state index in [0.717, 1.165) is 88.8 Å². The van der Waals surface area contributed by atoms with E-state index in [4.69, 9.17) is 8.83 Å². The van der Waals surface area contributed by atoms with Gasteiger partial charge in [-0.25, -0.2) is 0 Å². The van der Waals surface area contributed by atoms with Gasteiger partial charge in [-0.15, -0.1) is 0 Å². The minimum absolute atomic E-state index is 0.900. The quantitative estimate of drug-likeness (QED) is 0.164. The van der Waals surface area contributed by atoms with Gasteiger partial charge in [0.15, 0.2) is 0 Å². The third-order valence-electron chi connectivity index (χ3n) is 11.1. The molecular formula is C54H35NO2. The van der Waals surface area contributed by atoms with Crippen molar-refractivity contribution in [2.24, 2.45) is 0 Å². The molecule has 0 saturated carbocycles. The van der Waals surface area contributed by atoms with Crippen LogP contribution in [0.3, 0.4) is 0 Å². The van der Waals surface area contributed by atoms with Crippen LogP contribution in [-0.2, 0) is 0 Å². The van der Waals surface area contributed by atoms with Crippen LogP contribution in [0.1, 0.15) is 0 Å². The summed E-state index contributed by atoms with van der Waals surface area (Å²) < 4.78 is 12.8. The molecule has 3 heteroatoms. The molecule has 57 heavy (non-hydrogen) atoms. The lowest BCUT2D eigenvalue weighted by molar-refractivity contribution is 0.669. The second-order valence-electron chi connectivity index (χ2n) is 14.5. The van der Waals surface area contributed by atoms with E-state index in [-0.39, 0.29) is 0 Å². The zero-order valence-electron chi connectivity index (χ0n) is 31.0. The molecule has 11 aromatic rings. The Morgan fingerprint density at radius 2 is 0.667 bits per heavy atom. The lowest BCUT2D eigenvalue weighted by Crippen LogP contribution is -2.10. The molecule has 0 aliphatic rings. The number of hydrogen-bond donors (Lipinski definition) is 0. The monoisotopic (exact) mass is 729 g/mol. The zero-order chi connectivity index (χ0) is 37.7. The first kappa shape index (κ1) is 32.8. The summed E-state index contributed by atoms with van der Waals surface area (Å²) >= 11 is 0. The Bertz CT molecular complexity index is 3050. The summed E-state index contributed by atoms with van der Waals surface area (Å²) in [5.41, 5.74) is 15.9. The van der Waals surface area contributed by atoms with Gasteiger partial charge >= 0.3 is 0 Å². The van der Waals surface area contributed by atoms with Gasteiger partial charge in [-0.05, 0) is 81.9 Å². The molecule has 0 spiro atoms. The van der Waals surface area contributed by atoms with Crippen LogP contribution in [0, 0.1) is 0 Å². The molecule has 0 N–H and O–H groups in total. The van der Waals surface area contributed by atoms with Crippen molar-refractivity contribution in [3.05, 3.63) is 212 Å². The summed E-state index contributed by atoms with van der Waals surface area (Å²) in [7, 11) is 0. The van der Waals surface area contributed by atoms with E-state index in [1.165, 1.54) is 16.7 Å². The van der Waals surface area contributed by atoms with Crippen LogP contribution in [0.25, 0.3) is 88.4 Å². The Hall–Kier alpha value is -7.62. The molecule has 0 aliphatic carbocycles. The number of anilines is 3. The summed E-state index contributed by atoms with van der Waals surface area (Å²) in [6.07, 6.45) is 0. The van der Waals surface area contributed by atoms with Crippen LogP contribution in [0.5, 0.6) is 0 Å². The normalized spacial score (nSPS) is 11.5. The number of nitrogens with zero attached hydrogens (tertiary/aromatic N) is 1. The summed E-state index contributed by atoms with van der Waals surface area (Å²) in [6, 6.07) is 75.1. The van der Waals surface area contributed by atoms with E-state index >= 15 is 0 Å². The summed E-state index contributed by atoms with van der Waals surface area (Å²) in [5, 5.41) is 4.51. The maximum Gasteiger partial charge on any atom is 0.143 e. The van der Waals surface area contributed by atoms with Crippen LogP contribution in [0.15, 0.2) is 221 Å². The molecule has 0 unspecified atom stereocenters. The maximum atomic E-state index is 6.42. The fourth-order valence-electron chi connectivity index (χ4n) is 8.29. The highest BCUT2D eigenvalue weighted by atomic mass is 16.3. The molecule has 0 atom stereocenters. The van der Waals surface area contributed by atoms with Crippen molar-refractivity contribution in [2.75, 3.05) is 4.90 Å². The Morgan fingerprint density at radius 1 is 0.263 bits per heavy atom. The van der Waals surface area contributed by atoms with Gasteiger partial charge in [-0.1, -0.05) is 164 Å². The highest BCUT2D eigenvalue weighted by Gasteiger charge is 2.18. The largest absolute Gasteiger partial charge is 0.455 e. The van der Waals surface area contributed by atoms with Crippen LogP contribution < -0.4 is 4.90 Å². The van der Waals surface area contributed by atoms with E-state index in [2.05, 4.69) is 193 Å². The molecule has 0 bridgehead atoms. The molecule has 2 heterocycles. The van der Waals surface area contributed by atoms with Crippen LogP contribution in [0.2, 0.25) is 0 Å². The van der Waals surface area contributed by atoms with Gasteiger partial charge in [0.1, 0.15) is 22.3 Å². The fraction of sp³-hybridized carbons (Fsp3) is 0. The Kier molecular flexibility index (Phi) is 7.82. The second-order valence-corrected chi connectivity index (χ2v) is 14.5. The first-order valence-corrected chi connectivity index (χ1v) is 19.3. The summed E-state index contributed by atoms with van der Waals surface area (Å²) in [4.78, 5) is 2.33. The number of benzene rings is 9. The fourth-order valence-corrected chi connectivity index (χ4v) is 8.29. The summed E-state index contributed by atoms with van der Waals surface area (Å²) in [6.45, 7) is 0. The Balaban J connectivity index is 0.999. The predicted octanol–water partition coefficient (Wildman–Crippen LogP) is 15.6. The molecule has 9 aromatic carbocycles. The molecule has 0 radical (unpaired) electrons. The highest BCUT2D eigenvalue weighted by Crippen LogP contribution is 2.42. The van der Waals surface area contributed by atoms with Gasteiger partial charge in [0.05, 0.1) is 0 Å². The van der Waals surface area contributed by atoms with Crippen molar-refractivity contribution in [2.45, 2.75) is 0 Å². The lowest BCUT2D eigenvalue weighted by atomic mass is 9.99. The van der Waals surface area contributed by atoms with Crippen molar-refractivity contribution >= 4 is 60.9 Å². The molecule has 268 valence electrons. The number of rotatable bonds is 7. The molecule has 0 saturated heterocycles. The van der Waals surface area contributed by atoms with Gasteiger partial charge in [0.2, 0.25) is 0 Å². The van der Waals surface area contributed by atoms with Crippen molar-refractivity contribution < 1.29 is 8.83 Å². The third kappa shape index (κ3) is 5.76. The molecule has 11 rings (SSSR count). The Morgan fingerprint density at radius 3 is 1.21 bits per heavy atom. The summed E-state index contributed by atoms with van der Waals surface area (Å²) in [5.74, 6) is 0. The molecular weight excluding hydrogens is 695 g/mol. The Labute approximate surface area is 330 Å². The van der Waals surface area contributed by atoms with E-state index < -0.39 is 0 Å². The molecule has 0 amide bonds. The van der Waals surface area contributed by atoms with Crippen molar-refractivity contribution in [3.8, 4) is 44.5 Å². The predicted molar refractivity (Wildman–Crippen MR) is 237 cm³/mol. The highest BCUT2D eigenvalue weighted by molar-refractivity contribution is 6.10. The SMILES string of the molecule is c1ccc(-c2ccc(-c3cccc(N(c4ccc(-c5cccc6c5oc5ccccc56)cc4)c4ccc(-c5cccc6c5oc5ccccc56)cc4)c3)cc2)cc1. The minimum atomic E-state index is 0.900. The molecule has 0 aliphatic heterocycles. The smallest absolute Gasteiger partial charge is 0.143 e. The zero-order valence-corrected chi connectivity index (χ0v) is 31.0. The molecule has 0 fully saturated rings. The first-order valence-electron chi connectivity index (χ1n) is 19.3. The second kappa shape index (κ2) is 13.6. The van der Waals surface area contributed by atoms with Gasteiger partial charge in [0, 0.05) is 49.7 Å². The topological polar surface area (TPSA) is 29.5 Å². The first-order chi connectivity index (χ1) is 28.2. The van der Waals surface area contributed by atoms with Crippen molar-refractivity contribution in [1.82, 2.24) is 0 Å². The van der Waals surface area contributed by atoms with Gasteiger partial charge in [-0.2, -0.15) is 0 Å².